The lowest BCUT2D eigenvalue weighted by atomic mass is 9.63. The van der Waals surface area contributed by atoms with Gasteiger partial charge in [-0.1, -0.05) is 35.9 Å². The van der Waals surface area contributed by atoms with Crippen LogP contribution in [-0.2, 0) is 16.2 Å². The zero-order valence-electron chi connectivity index (χ0n) is 17.9. The molecule has 4 atom stereocenters. The molecule has 170 valence electrons. The van der Waals surface area contributed by atoms with Crippen molar-refractivity contribution in [2.75, 3.05) is 7.11 Å². The van der Waals surface area contributed by atoms with Gasteiger partial charge in [-0.15, -0.1) is 0 Å². The van der Waals surface area contributed by atoms with E-state index in [0.29, 0.717) is 33.2 Å². The van der Waals surface area contributed by atoms with Crippen LogP contribution in [0, 0.1) is 23.7 Å². The second-order valence-electron chi connectivity index (χ2n) is 8.52. The third kappa shape index (κ3) is 4.08. The van der Waals surface area contributed by atoms with Crippen LogP contribution < -0.4 is 9.47 Å². The van der Waals surface area contributed by atoms with Gasteiger partial charge in [0.25, 0.3) is 11.8 Å². The second kappa shape index (κ2) is 8.95. The van der Waals surface area contributed by atoms with E-state index in [1.807, 2.05) is 30.3 Å². The van der Waals surface area contributed by atoms with E-state index in [2.05, 4.69) is 33.2 Å². The Kier molecular flexibility index (Phi) is 6.01. The molecule has 6 rings (SSSR count). The van der Waals surface area contributed by atoms with E-state index in [4.69, 9.17) is 21.1 Å². The summed E-state index contributed by atoms with van der Waals surface area (Å²) in [4.78, 5) is 25.9. The number of hydrogen-bond donors (Lipinski definition) is 0. The summed E-state index contributed by atoms with van der Waals surface area (Å²) in [6.45, 7) is 0.343. The maximum absolute atomic E-state index is 12.9. The summed E-state index contributed by atoms with van der Waals surface area (Å²) in [6, 6.07) is 11.0. The fourth-order valence-corrected chi connectivity index (χ4v) is 5.69. The highest BCUT2D eigenvalue weighted by atomic mass is 79.9. The number of imide groups is 1. The average Bonchev–Trinajstić information content (AvgIpc) is 3.10. The van der Waals surface area contributed by atoms with Crippen LogP contribution in [0.1, 0.15) is 24.0 Å². The fourth-order valence-electron chi connectivity index (χ4n) is 4.99. The summed E-state index contributed by atoms with van der Waals surface area (Å²) in [5.74, 6) is 0.391. The van der Waals surface area contributed by atoms with E-state index in [9.17, 15) is 9.59 Å². The number of hydrazone groups is 1. The first-order valence-electron chi connectivity index (χ1n) is 10.8. The molecule has 6 nitrogen and oxygen atoms in total. The maximum atomic E-state index is 12.9. The molecule has 8 heteroatoms. The molecule has 2 aromatic carbocycles. The van der Waals surface area contributed by atoms with Gasteiger partial charge in [-0.05, 0) is 76.0 Å². The predicted octanol–water partition coefficient (Wildman–Crippen LogP) is 5.22. The number of methoxy groups -OCH3 is 1. The van der Waals surface area contributed by atoms with Crippen molar-refractivity contribution in [1.29, 1.82) is 0 Å². The summed E-state index contributed by atoms with van der Waals surface area (Å²) in [6.07, 6.45) is 7.62. The Morgan fingerprint density at radius 3 is 2.30 bits per heavy atom. The van der Waals surface area contributed by atoms with Gasteiger partial charge in [-0.3, -0.25) is 9.59 Å². The zero-order valence-corrected chi connectivity index (χ0v) is 20.3. The minimum Gasteiger partial charge on any atom is -0.493 e. The lowest BCUT2D eigenvalue weighted by Crippen LogP contribution is -2.38. The minimum atomic E-state index is -0.275. The van der Waals surface area contributed by atoms with E-state index in [1.54, 1.807) is 13.2 Å². The number of fused-ring (bicyclic) bond motifs is 1. The molecule has 1 aliphatic heterocycles. The van der Waals surface area contributed by atoms with Crippen molar-refractivity contribution >= 4 is 45.6 Å². The third-order valence-electron chi connectivity index (χ3n) is 6.61. The summed E-state index contributed by atoms with van der Waals surface area (Å²) >= 11 is 9.47. The quantitative estimate of drug-likeness (QED) is 0.292. The molecular formula is C25H22BrClN2O4. The molecule has 2 fully saturated rings. The van der Waals surface area contributed by atoms with Gasteiger partial charge >= 0.3 is 0 Å². The zero-order chi connectivity index (χ0) is 23.1. The summed E-state index contributed by atoms with van der Waals surface area (Å²) in [5, 5.41) is 6.00. The lowest BCUT2D eigenvalue weighted by molar-refractivity contribution is -0.140. The molecule has 1 saturated heterocycles. The van der Waals surface area contributed by atoms with Crippen molar-refractivity contribution in [3.63, 3.8) is 0 Å². The van der Waals surface area contributed by atoms with Crippen LogP contribution in [0.15, 0.2) is 58.1 Å². The number of amides is 2. The predicted molar refractivity (Wildman–Crippen MR) is 128 cm³/mol. The number of hydrogen-bond acceptors (Lipinski definition) is 5. The SMILES string of the molecule is COc1cc(/C=N\N2C(=O)[C@@H]3[C@@H](C2=O)[C@@H]2C=C[C@@H]3CC2)cc(Br)c1OCc1ccc(Cl)cc1. The van der Waals surface area contributed by atoms with E-state index >= 15 is 0 Å². The molecule has 2 amide bonds. The molecule has 33 heavy (non-hydrogen) atoms. The Balaban J connectivity index is 1.34. The Hall–Kier alpha value is -2.64. The number of benzene rings is 2. The molecule has 0 N–H and O–H groups in total. The Morgan fingerprint density at radius 1 is 1.09 bits per heavy atom. The van der Waals surface area contributed by atoms with E-state index in [-0.39, 0.29) is 35.5 Å². The van der Waals surface area contributed by atoms with Gasteiger partial charge < -0.3 is 9.47 Å². The maximum Gasteiger partial charge on any atom is 0.254 e. The van der Waals surface area contributed by atoms with Gasteiger partial charge in [0.15, 0.2) is 11.5 Å². The van der Waals surface area contributed by atoms with Gasteiger partial charge in [-0.25, -0.2) is 0 Å². The van der Waals surface area contributed by atoms with Gasteiger partial charge in [-0.2, -0.15) is 10.1 Å². The number of carbonyl (C=O) groups is 2. The highest BCUT2D eigenvalue weighted by Crippen LogP contribution is 2.49. The molecule has 0 unspecified atom stereocenters. The Bertz CT molecular complexity index is 1130. The molecule has 1 heterocycles. The molecule has 2 bridgehead atoms. The monoisotopic (exact) mass is 528 g/mol. The van der Waals surface area contributed by atoms with Gasteiger partial charge in [0.2, 0.25) is 0 Å². The smallest absolute Gasteiger partial charge is 0.254 e. The molecular weight excluding hydrogens is 508 g/mol. The summed E-state index contributed by atoms with van der Waals surface area (Å²) < 4.78 is 12.1. The van der Waals surface area contributed by atoms with Gasteiger partial charge in [0.05, 0.1) is 29.6 Å². The first-order chi connectivity index (χ1) is 16.0. The normalized spacial score (nSPS) is 25.7. The summed E-state index contributed by atoms with van der Waals surface area (Å²) in [7, 11) is 1.55. The van der Waals surface area contributed by atoms with E-state index in [1.165, 1.54) is 6.21 Å². The summed E-state index contributed by atoms with van der Waals surface area (Å²) in [5.41, 5.74) is 1.64. The molecule has 3 aliphatic carbocycles. The van der Waals surface area contributed by atoms with Crippen LogP contribution in [0.5, 0.6) is 11.5 Å². The number of allylic oxidation sites excluding steroid dienone is 2. The first-order valence-corrected chi connectivity index (χ1v) is 12.0. The van der Waals surface area contributed by atoms with Crippen LogP contribution in [-0.4, -0.2) is 30.1 Å². The Labute approximate surface area is 205 Å². The van der Waals surface area contributed by atoms with Crippen LogP contribution in [0.4, 0.5) is 0 Å². The average molecular weight is 530 g/mol. The molecule has 0 radical (unpaired) electrons. The standard InChI is InChI=1S/C25H22BrClN2O4/c1-32-20-11-15(10-19(26)23(20)33-13-14-2-8-18(27)9-3-14)12-28-29-24(30)21-16-4-5-17(7-6-16)22(21)25(29)31/h2-5,8-12,16-17,21-22H,6-7,13H2,1H3/b28-12-/t16-,17-,21+,22+/m1/s1. The second-order valence-corrected chi connectivity index (χ2v) is 9.81. The number of nitrogens with zero attached hydrogens (tertiary/aromatic N) is 2. The highest BCUT2D eigenvalue weighted by molar-refractivity contribution is 9.10. The number of rotatable bonds is 6. The third-order valence-corrected chi connectivity index (χ3v) is 7.45. The highest BCUT2D eigenvalue weighted by Gasteiger charge is 2.56. The van der Waals surface area contributed by atoms with Crippen molar-refractivity contribution in [2.45, 2.75) is 19.4 Å². The minimum absolute atomic E-state index is 0.142. The first kappa shape index (κ1) is 22.2. The van der Waals surface area contributed by atoms with Crippen molar-refractivity contribution in [3.05, 3.63) is 69.2 Å². The number of ether oxygens (including phenoxy) is 2. The van der Waals surface area contributed by atoms with Crippen LogP contribution in [0.3, 0.4) is 0 Å². The molecule has 2 aromatic rings. The van der Waals surface area contributed by atoms with Crippen molar-refractivity contribution in [3.8, 4) is 11.5 Å². The molecule has 0 spiro atoms. The van der Waals surface area contributed by atoms with Crippen molar-refractivity contribution < 1.29 is 19.1 Å². The fraction of sp³-hybridized carbons (Fsp3) is 0.320. The molecule has 4 aliphatic rings. The molecule has 0 aromatic heterocycles. The van der Waals surface area contributed by atoms with Crippen LogP contribution in [0.25, 0.3) is 0 Å². The molecule has 1 saturated carbocycles. The number of halogens is 2. The largest absolute Gasteiger partial charge is 0.493 e. The Morgan fingerprint density at radius 2 is 1.73 bits per heavy atom. The van der Waals surface area contributed by atoms with Gasteiger partial charge in [0, 0.05) is 5.02 Å². The number of carbonyl (C=O) groups excluding carboxylic acids is 2. The van der Waals surface area contributed by atoms with Crippen LogP contribution >= 0.6 is 27.5 Å². The van der Waals surface area contributed by atoms with E-state index in [0.717, 1.165) is 23.4 Å². The lowest BCUT2D eigenvalue weighted by Gasteiger charge is -2.37. The topological polar surface area (TPSA) is 68.2 Å². The van der Waals surface area contributed by atoms with E-state index < -0.39 is 0 Å². The van der Waals surface area contributed by atoms with Crippen molar-refractivity contribution in [2.24, 2.45) is 28.8 Å². The van der Waals surface area contributed by atoms with Crippen molar-refractivity contribution in [1.82, 2.24) is 5.01 Å². The van der Waals surface area contributed by atoms with Gasteiger partial charge in [0.1, 0.15) is 6.61 Å². The van der Waals surface area contributed by atoms with Crippen LogP contribution in [0.2, 0.25) is 5.02 Å².